The molecule has 3 aromatic rings. The largest absolute Gasteiger partial charge is 0.492 e. The predicted octanol–water partition coefficient (Wildman–Crippen LogP) is 5.08. The van der Waals surface area contributed by atoms with Gasteiger partial charge in [-0.15, -0.1) is 22.9 Å². The zero-order chi connectivity index (χ0) is 14.5. The van der Waals surface area contributed by atoms with Crippen LogP contribution >= 0.6 is 22.9 Å². The van der Waals surface area contributed by atoms with Gasteiger partial charge in [-0.1, -0.05) is 30.3 Å². The van der Waals surface area contributed by atoms with Gasteiger partial charge in [0.05, 0.1) is 16.1 Å². The molecule has 4 heteroatoms. The number of rotatable bonds is 5. The average Bonchev–Trinajstić information content (AvgIpc) is 2.95. The maximum atomic E-state index is 5.59. The number of aromatic nitrogens is 1. The van der Waals surface area contributed by atoms with Gasteiger partial charge >= 0.3 is 0 Å². The Kier molecular flexibility index (Phi) is 4.53. The lowest BCUT2D eigenvalue weighted by atomic mass is 10.2. The van der Waals surface area contributed by atoms with Crippen LogP contribution in [0.2, 0.25) is 0 Å². The third-order valence-electron chi connectivity index (χ3n) is 2.95. The number of fused-ring (bicyclic) bond motifs is 1. The van der Waals surface area contributed by atoms with Crippen LogP contribution in [0.5, 0.6) is 5.75 Å². The van der Waals surface area contributed by atoms with Crippen LogP contribution in [0, 0.1) is 0 Å². The summed E-state index contributed by atoms with van der Waals surface area (Å²) in [5.41, 5.74) is 2.17. The fraction of sp³-hybridized carbons (Fsp3) is 0.118. The molecule has 1 aromatic heterocycles. The molecule has 21 heavy (non-hydrogen) atoms. The Balaban J connectivity index is 1.73. The Morgan fingerprint density at radius 2 is 1.86 bits per heavy atom. The van der Waals surface area contributed by atoms with E-state index in [9.17, 15) is 0 Å². The van der Waals surface area contributed by atoms with Gasteiger partial charge in [-0.2, -0.15) is 0 Å². The first kappa shape index (κ1) is 14.1. The van der Waals surface area contributed by atoms with Crippen molar-refractivity contribution in [2.45, 2.75) is 0 Å². The minimum atomic E-state index is 0.499. The van der Waals surface area contributed by atoms with Gasteiger partial charge in [0.1, 0.15) is 17.4 Å². The van der Waals surface area contributed by atoms with Crippen LogP contribution in [-0.4, -0.2) is 17.5 Å². The van der Waals surface area contributed by atoms with Crippen molar-refractivity contribution in [3.8, 4) is 5.75 Å². The lowest BCUT2D eigenvalue weighted by molar-refractivity contribution is 0.343. The highest BCUT2D eigenvalue weighted by Crippen LogP contribution is 2.23. The standard InChI is InChI=1S/C17H14ClNOS/c18-11-12-20-14-8-5-13(6-9-14)7-10-17-19-15-3-1-2-4-16(15)21-17/h1-10H,11-12H2. The maximum Gasteiger partial charge on any atom is 0.119 e. The van der Waals surface area contributed by atoms with Crippen molar-refractivity contribution in [2.24, 2.45) is 0 Å². The third kappa shape index (κ3) is 3.63. The topological polar surface area (TPSA) is 22.1 Å². The molecule has 0 amide bonds. The molecule has 0 aliphatic carbocycles. The monoisotopic (exact) mass is 315 g/mol. The molecule has 1 heterocycles. The lowest BCUT2D eigenvalue weighted by Gasteiger charge is -2.03. The quantitative estimate of drug-likeness (QED) is 0.612. The Hall–Kier alpha value is -1.84. The second-order valence-electron chi connectivity index (χ2n) is 4.46. The molecule has 2 aromatic carbocycles. The van der Waals surface area contributed by atoms with Crippen molar-refractivity contribution in [1.29, 1.82) is 0 Å². The number of para-hydroxylation sites is 1. The van der Waals surface area contributed by atoms with Crippen LogP contribution in [0.1, 0.15) is 10.6 Å². The van der Waals surface area contributed by atoms with E-state index in [4.69, 9.17) is 16.3 Å². The van der Waals surface area contributed by atoms with E-state index >= 15 is 0 Å². The summed E-state index contributed by atoms with van der Waals surface area (Å²) in [7, 11) is 0. The highest BCUT2D eigenvalue weighted by molar-refractivity contribution is 7.19. The molecule has 0 radical (unpaired) electrons. The van der Waals surface area contributed by atoms with Gasteiger partial charge in [-0.3, -0.25) is 0 Å². The van der Waals surface area contributed by atoms with Crippen molar-refractivity contribution >= 4 is 45.3 Å². The summed E-state index contributed by atoms with van der Waals surface area (Å²) in [6.45, 7) is 0.530. The Labute approximate surface area is 132 Å². The molecule has 0 aliphatic heterocycles. The SMILES string of the molecule is ClCCOc1ccc(C=Cc2nc3ccccc3s2)cc1. The molecule has 106 valence electrons. The van der Waals surface area contributed by atoms with Gasteiger partial charge in [0.2, 0.25) is 0 Å². The van der Waals surface area contributed by atoms with Crippen LogP contribution < -0.4 is 4.74 Å². The number of thiazole rings is 1. The maximum absolute atomic E-state index is 5.59. The van der Waals surface area contributed by atoms with E-state index < -0.39 is 0 Å². The molecule has 0 fully saturated rings. The van der Waals surface area contributed by atoms with Gasteiger partial charge in [0, 0.05) is 0 Å². The fourth-order valence-corrected chi connectivity index (χ4v) is 2.91. The lowest BCUT2D eigenvalue weighted by Crippen LogP contribution is -1.97. The van der Waals surface area contributed by atoms with E-state index in [-0.39, 0.29) is 0 Å². The summed E-state index contributed by atoms with van der Waals surface area (Å²) in [6, 6.07) is 16.1. The van der Waals surface area contributed by atoms with E-state index in [0.717, 1.165) is 21.8 Å². The first-order valence-electron chi connectivity index (χ1n) is 6.67. The Bertz CT molecular complexity index is 716. The van der Waals surface area contributed by atoms with Crippen LogP contribution in [-0.2, 0) is 0 Å². The smallest absolute Gasteiger partial charge is 0.119 e. The summed E-state index contributed by atoms with van der Waals surface area (Å²) < 4.78 is 6.66. The number of nitrogens with zero attached hydrogens (tertiary/aromatic N) is 1. The average molecular weight is 316 g/mol. The van der Waals surface area contributed by atoms with Gasteiger partial charge in [0.15, 0.2) is 0 Å². The second-order valence-corrected chi connectivity index (χ2v) is 5.90. The third-order valence-corrected chi connectivity index (χ3v) is 4.11. The van der Waals surface area contributed by atoms with Gasteiger partial charge in [0.25, 0.3) is 0 Å². The van der Waals surface area contributed by atoms with Crippen molar-refractivity contribution in [1.82, 2.24) is 4.98 Å². The van der Waals surface area contributed by atoms with E-state index in [1.54, 1.807) is 11.3 Å². The number of hydrogen-bond donors (Lipinski definition) is 0. The zero-order valence-electron chi connectivity index (χ0n) is 11.3. The van der Waals surface area contributed by atoms with Gasteiger partial charge in [-0.25, -0.2) is 4.98 Å². The number of alkyl halides is 1. The van der Waals surface area contributed by atoms with Crippen LogP contribution in [0.25, 0.3) is 22.4 Å². The highest BCUT2D eigenvalue weighted by Gasteiger charge is 1.99. The molecule has 2 nitrogen and oxygen atoms in total. The number of ether oxygens (including phenoxy) is 1. The van der Waals surface area contributed by atoms with E-state index in [1.807, 2.05) is 48.5 Å². The van der Waals surface area contributed by atoms with E-state index in [0.29, 0.717) is 12.5 Å². The zero-order valence-corrected chi connectivity index (χ0v) is 12.9. The molecule has 0 bridgehead atoms. The van der Waals surface area contributed by atoms with Crippen molar-refractivity contribution in [2.75, 3.05) is 12.5 Å². The molecule has 0 saturated carbocycles. The molecule has 0 unspecified atom stereocenters. The summed E-state index contributed by atoms with van der Waals surface area (Å²) in [5, 5.41) is 1.01. The summed E-state index contributed by atoms with van der Waals surface area (Å²) in [5.74, 6) is 1.34. The van der Waals surface area contributed by atoms with E-state index in [2.05, 4.69) is 17.1 Å². The van der Waals surface area contributed by atoms with Crippen LogP contribution in [0.15, 0.2) is 48.5 Å². The first-order chi connectivity index (χ1) is 10.3. The molecule has 0 saturated heterocycles. The minimum absolute atomic E-state index is 0.499. The summed E-state index contributed by atoms with van der Waals surface area (Å²) >= 11 is 7.29. The fourth-order valence-electron chi connectivity index (χ4n) is 1.96. The number of halogens is 1. The Morgan fingerprint density at radius 3 is 2.62 bits per heavy atom. The molecule has 0 N–H and O–H groups in total. The molecular weight excluding hydrogens is 302 g/mol. The predicted molar refractivity (Wildman–Crippen MR) is 91.2 cm³/mol. The van der Waals surface area contributed by atoms with Gasteiger partial charge in [-0.05, 0) is 35.9 Å². The van der Waals surface area contributed by atoms with Gasteiger partial charge < -0.3 is 4.74 Å². The first-order valence-corrected chi connectivity index (χ1v) is 8.03. The number of benzene rings is 2. The second kappa shape index (κ2) is 6.74. The molecule has 3 rings (SSSR count). The Morgan fingerprint density at radius 1 is 1.05 bits per heavy atom. The molecule has 0 atom stereocenters. The van der Waals surface area contributed by atoms with E-state index in [1.165, 1.54) is 4.70 Å². The summed E-state index contributed by atoms with van der Waals surface area (Å²) in [6.07, 6.45) is 4.10. The highest BCUT2D eigenvalue weighted by atomic mass is 35.5. The normalized spacial score (nSPS) is 11.3. The van der Waals surface area contributed by atoms with Crippen molar-refractivity contribution in [3.63, 3.8) is 0 Å². The minimum Gasteiger partial charge on any atom is -0.492 e. The molecular formula is C17H14ClNOS. The summed E-state index contributed by atoms with van der Waals surface area (Å²) in [4.78, 5) is 4.58. The molecule has 0 spiro atoms. The number of hydrogen-bond acceptors (Lipinski definition) is 3. The van der Waals surface area contributed by atoms with Crippen molar-refractivity contribution < 1.29 is 4.74 Å². The van der Waals surface area contributed by atoms with Crippen LogP contribution in [0.4, 0.5) is 0 Å². The van der Waals surface area contributed by atoms with Crippen molar-refractivity contribution in [3.05, 3.63) is 59.1 Å². The van der Waals surface area contributed by atoms with Crippen LogP contribution in [0.3, 0.4) is 0 Å². The molecule has 0 aliphatic rings.